The predicted molar refractivity (Wildman–Crippen MR) is 106 cm³/mol. The molecule has 0 aliphatic carbocycles. The van der Waals surface area contributed by atoms with Gasteiger partial charge in [0.1, 0.15) is 11.5 Å². The zero-order valence-corrected chi connectivity index (χ0v) is 14.9. The Morgan fingerprint density at radius 3 is 2.38 bits per heavy atom. The van der Waals surface area contributed by atoms with Crippen LogP contribution in [0.2, 0.25) is 0 Å². The largest absolute Gasteiger partial charge is 0.457 e. The number of rotatable bonds is 3. The van der Waals surface area contributed by atoms with Crippen molar-refractivity contribution in [1.29, 1.82) is 0 Å². The molecule has 0 unspecified atom stereocenters. The first-order valence-electron chi connectivity index (χ1n) is 8.17. The van der Waals surface area contributed by atoms with E-state index in [0.717, 1.165) is 17.0 Å². The van der Waals surface area contributed by atoms with Gasteiger partial charge in [0.2, 0.25) is 0 Å². The van der Waals surface area contributed by atoms with E-state index in [0.29, 0.717) is 15.8 Å². The summed E-state index contributed by atoms with van der Waals surface area (Å²) >= 11 is 1.35. The highest BCUT2D eigenvalue weighted by Gasteiger charge is 2.30. The summed E-state index contributed by atoms with van der Waals surface area (Å²) < 4.78 is 5.87. The summed E-state index contributed by atoms with van der Waals surface area (Å²) in [6.45, 7) is 0. The van der Waals surface area contributed by atoms with E-state index in [1.54, 1.807) is 18.0 Å². The Hall–Kier alpha value is -3.05. The molecular formula is C21H16N2O2S. The van der Waals surface area contributed by atoms with E-state index >= 15 is 0 Å². The summed E-state index contributed by atoms with van der Waals surface area (Å²) in [5, 5.41) is 0.655. The molecule has 2 heterocycles. The SMILES string of the molecule is CN1C(=O)/C(=C/c2ccc(-c3ccccc3)o2)SC1=Nc1ccccc1. The molecule has 128 valence electrons. The number of nitrogens with zero attached hydrogens (tertiary/aromatic N) is 2. The fraction of sp³-hybridized carbons (Fsp3) is 0.0476. The van der Waals surface area contributed by atoms with Gasteiger partial charge >= 0.3 is 0 Å². The van der Waals surface area contributed by atoms with E-state index in [-0.39, 0.29) is 5.91 Å². The second kappa shape index (κ2) is 7.06. The molecule has 4 rings (SSSR count). The number of hydrogen-bond donors (Lipinski definition) is 0. The van der Waals surface area contributed by atoms with Crippen molar-refractivity contribution in [1.82, 2.24) is 4.90 Å². The summed E-state index contributed by atoms with van der Waals surface area (Å²) in [5.74, 6) is 1.34. The highest BCUT2D eigenvalue weighted by atomic mass is 32.2. The van der Waals surface area contributed by atoms with Crippen LogP contribution in [0.15, 0.2) is 87.1 Å². The second-order valence-corrected chi connectivity index (χ2v) is 6.78. The third kappa shape index (κ3) is 3.34. The number of para-hydroxylation sites is 1. The fourth-order valence-corrected chi connectivity index (χ4v) is 3.55. The van der Waals surface area contributed by atoms with Crippen molar-refractivity contribution in [2.75, 3.05) is 7.05 Å². The van der Waals surface area contributed by atoms with Crippen LogP contribution in [-0.2, 0) is 4.79 Å². The summed E-state index contributed by atoms with van der Waals surface area (Å²) in [4.78, 5) is 19.2. The molecule has 4 nitrogen and oxygen atoms in total. The maximum atomic E-state index is 12.5. The Morgan fingerprint density at radius 1 is 0.962 bits per heavy atom. The summed E-state index contributed by atoms with van der Waals surface area (Å²) in [5.41, 5.74) is 1.83. The minimum absolute atomic E-state index is 0.0812. The molecule has 0 atom stereocenters. The van der Waals surface area contributed by atoms with Gasteiger partial charge in [-0.1, -0.05) is 48.5 Å². The van der Waals surface area contributed by atoms with Crippen molar-refractivity contribution in [2.45, 2.75) is 0 Å². The van der Waals surface area contributed by atoms with Gasteiger partial charge in [0.05, 0.1) is 10.6 Å². The average Bonchev–Trinajstić information content (AvgIpc) is 3.25. The zero-order valence-electron chi connectivity index (χ0n) is 14.1. The zero-order chi connectivity index (χ0) is 17.9. The number of thioether (sulfide) groups is 1. The van der Waals surface area contributed by atoms with Crippen LogP contribution < -0.4 is 0 Å². The molecule has 5 heteroatoms. The lowest BCUT2D eigenvalue weighted by atomic mass is 10.2. The highest BCUT2D eigenvalue weighted by molar-refractivity contribution is 8.18. The van der Waals surface area contributed by atoms with E-state index in [1.807, 2.05) is 72.8 Å². The molecule has 0 radical (unpaired) electrons. The molecule has 0 N–H and O–H groups in total. The van der Waals surface area contributed by atoms with Crippen molar-refractivity contribution in [2.24, 2.45) is 4.99 Å². The van der Waals surface area contributed by atoms with Crippen LogP contribution in [0.5, 0.6) is 0 Å². The number of carbonyl (C=O) groups is 1. The van der Waals surface area contributed by atoms with Gasteiger partial charge in [-0.25, -0.2) is 4.99 Å². The van der Waals surface area contributed by atoms with Gasteiger partial charge in [-0.15, -0.1) is 0 Å². The van der Waals surface area contributed by atoms with Crippen LogP contribution in [0.25, 0.3) is 17.4 Å². The van der Waals surface area contributed by atoms with Gasteiger partial charge in [-0.05, 0) is 36.0 Å². The molecule has 1 aliphatic rings. The predicted octanol–water partition coefficient (Wildman–Crippen LogP) is 5.18. The second-order valence-electron chi connectivity index (χ2n) is 5.77. The Morgan fingerprint density at radius 2 is 1.65 bits per heavy atom. The molecular weight excluding hydrogens is 344 g/mol. The first-order chi connectivity index (χ1) is 12.7. The molecule has 26 heavy (non-hydrogen) atoms. The van der Waals surface area contributed by atoms with Crippen LogP contribution in [0.3, 0.4) is 0 Å². The number of aliphatic imine (C=N–C) groups is 1. The normalized spacial score (nSPS) is 17.4. The van der Waals surface area contributed by atoms with Crippen molar-refractivity contribution < 1.29 is 9.21 Å². The number of furan rings is 1. The lowest BCUT2D eigenvalue weighted by Gasteiger charge is -2.06. The van der Waals surface area contributed by atoms with Gasteiger partial charge in [0.25, 0.3) is 5.91 Å². The standard InChI is InChI=1S/C21H16N2O2S/c1-23-20(24)19(26-21(23)22-16-10-6-3-7-11-16)14-17-12-13-18(25-17)15-8-4-2-5-9-15/h2-14H,1H3/b19-14-,22-21?. The maximum absolute atomic E-state index is 12.5. The van der Waals surface area contributed by atoms with E-state index in [9.17, 15) is 4.79 Å². The first-order valence-corrected chi connectivity index (χ1v) is 8.99. The van der Waals surface area contributed by atoms with Gasteiger partial charge < -0.3 is 4.42 Å². The Kier molecular flexibility index (Phi) is 4.46. The van der Waals surface area contributed by atoms with Crippen LogP contribution in [0.4, 0.5) is 5.69 Å². The van der Waals surface area contributed by atoms with Crippen molar-refractivity contribution in [3.8, 4) is 11.3 Å². The Labute approximate surface area is 155 Å². The quantitative estimate of drug-likeness (QED) is 0.605. The Balaban J connectivity index is 1.59. The minimum Gasteiger partial charge on any atom is -0.457 e. The van der Waals surface area contributed by atoms with Gasteiger partial charge in [-0.3, -0.25) is 9.69 Å². The molecule has 1 aromatic heterocycles. The number of carbonyl (C=O) groups excluding carboxylic acids is 1. The van der Waals surface area contributed by atoms with Crippen LogP contribution in [0, 0.1) is 0 Å². The van der Waals surface area contributed by atoms with Gasteiger partial charge in [0, 0.05) is 18.7 Å². The van der Waals surface area contributed by atoms with Crippen molar-refractivity contribution in [3.05, 3.63) is 83.5 Å². The Bertz CT molecular complexity index is 991. The van der Waals surface area contributed by atoms with Gasteiger partial charge in [-0.2, -0.15) is 0 Å². The summed E-state index contributed by atoms with van der Waals surface area (Å²) in [6, 6.07) is 23.3. The number of likely N-dealkylation sites (N-methyl/N-ethyl adjacent to an activating group) is 1. The monoisotopic (exact) mass is 360 g/mol. The van der Waals surface area contributed by atoms with Crippen LogP contribution in [0.1, 0.15) is 5.76 Å². The highest BCUT2D eigenvalue weighted by Crippen LogP contribution is 2.34. The molecule has 1 saturated heterocycles. The first kappa shape index (κ1) is 16.4. The smallest absolute Gasteiger partial charge is 0.266 e. The summed E-state index contributed by atoms with van der Waals surface area (Å²) in [6.07, 6.45) is 1.77. The third-order valence-corrected chi connectivity index (χ3v) is 5.00. The molecule has 0 spiro atoms. The fourth-order valence-electron chi connectivity index (χ4n) is 2.58. The number of benzene rings is 2. The molecule has 2 aromatic carbocycles. The van der Waals surface area contributed by atoms with Crippen molar-refractivity contribution >= 4 is 34.6 Å². The van der Waals surface area contributed by atoms with E-state index in [1.165, 1.54) is 11.8 Å². The minimum atomic E-state index is -0.0812. The molecule has 1 amide bonds. The summed E-state index contributed by atoms with van der Waals surface area (Å²) in [7, 11) is 1.73. The van der Waals surface area contributed by atoms with Crippen LogP contribution >= 0.6 is 11.8 Å². The lowest BCUT2D eigenvalue weighted by Crippen LogP contribution is -2.23. The molecule has 3 aromatic rings. The molecule has 0 saturated carbocycles. The number of amidine groups is 1. The van der Waals surface area contributed by atoms with E-state index in [2.05, 4.69) is 4.99 Å². The maximum Gasteiger partial charge on any atom is 0.266 e. The lowest BCUT2D eigenvalue weighted by molar-refractivity contribution is -0.121. The van der Waals surface area contributed by atoms with Crippen molar-refractivity contribution in [3.63, 3.8) is 0 Å². The average molecular weight is 360 g/mol. The van der Waals surface area contributed by atoms with Gasteiger partial charge in [0.15, 0.2) is 5.17 Å². The van der Waals surface area contributed by atoms with Crippen LogP contribution in [-0.4, -0.2) is 23.0 Å². The van der Waals surface area contributed by atoms with E-state index < -0.39 is 0 Å². The van der Waals surface area contributed by atoms with E-state index in [4.69, 9.17) is 4.42 Å². The molecule has 0 bridgehead atoms. The molecule has 1 aliphatic heterocycles. The number of amides is 1. The topological polar surface area (TPSA) is 45.8 Å². The molecule has 1 fully saturated rings. The third-order valence-electron chi connectivity index (χ3n) is 3.94. The number of hydrogen-bond acceptors (Lipinski definition) is 4.